The number of anilines is 3. The van der Waals surface area contributed by atoms with Crippen LogP contribution in [0.1, 0.15) is 0 Å². The quantitative estimate of drug-likeness (QED) is 0.154. The average Bonchev–Trinajstić information content (AvgIpc) is 3.90. The minimum absolute atomic E-state index is 0.577. The lowest BCUT2D eigenvalue weighted by Crippen LogP contribution is -2.10. The predicted molar refractivity (Wildman–Crippen MR) is 217 cm³/mol. The standard InChI is InChI=1S/C47H30N6O2/c1-3-11-31(12-4-1)43-50-44(32-13-5-2-6-14-32)52-45(51-43)33-19-25-36(26-20-33)53(37-27-21-34(22-28-37)46-48-39-15-7-9-17-41(39)54-46)38-29-23-35(24-30-38)47-49-40-16-8-10-18-42(40)55-47/h1-30H. The van der Waals surface area contributed by atoms with Crippen LogP contribution in [0, 0.1) is 0 Å². The van der Waals surface area contributed by atoms with Gasteiger partial charge in [-0.3, -0.25) is 0 Å². The summed E-state index contributed by atoms with van der Waals surface area (Å²) < 4.78 is 12.1. The average molecular weight is 711 g/mol. The van der Waals surface area contributed by atoms with Crippen molar-refractivity contribution in [2.24, 2.45) is 0 Å². The number of fused-ring (bicyclic) bond motifs is 2. The number of hydrogen-bond donors (Lipinski definition) is 0. The summed E-state index contributed by atoms with van der Waals surface area (Å²) in [6.07, 6.45) is 0. The van der Waals surface area contributed by atoms with E-state index in [1.807, 2.05) is 133 Å². The molecule has 0 amide bonds. The SMILES string of the molecule is c1ccc(-c2nc(-c3ccccc3)nc(-c3ccc(N(c4ccc(-c5nc6ccccc6o5)cc4)c4ccc(-c5nc6ccccc6o5)cc4)cc3)n2)cc1. The summed E-state index contributed by atoms with van der Waals surface area (Å²) >= 11 is 0. The molecular formula is C47H30N6O2. The van der Waals surface area contributed by atoms with Gasteiger partial charge in [0.1, 0.15) is 11.0 Å². The summed E-state index contributed by atoms with van der Waals surface area (Å²) in [7, 11) is 0. The molecule has 3 heterocycles. The third-order valence-corrected chi connectivity index (χ3v) is 9.42. The highest BCUT2D eigenvalue weighted by atomic mass is 16.4. The van der Waals surface area contributed by atoms with Crippen molar-refractivity contribution in [2.75, 3.05) is 4.90 Å². The van der Waals surface area contributed by atoms with E-state index in [9.17, 15) is 0 Å². The van der Waals surface area contributed by atoms with E-state index in [0.717, 1.165) is 67.1 Å². The van der Waals surface area contributed by atoms with E-state index < -0.39 is 0 Å². The zero-order valence-electron chi connectivity index (χ0n) is 29.3. The first-order chi connectivity index (χ1) is 27.2. The molecule has 0 N–H and O–H groups in total. The second-order valence-corrected chi connectivity index (χ2v) is 13.0. The van der Waals surface area contributed by atoms with Crippen LogP contribution in [-0.4, -0.2) is 24.9 Å². The molecule has 8 nitrogen and oxygen atoms in total. The van der Waals surface area contributed by atoms with Crippen molar-refractivity contribution in [1.82, 2.24) is 24.9 Å². The lowest BCUT2D eigenvalue weighted by molar-refractivity contribution is 0.619. The number of benzene rings is 7. The van der Waals surface area contributed by atoms with Crippen molar-refractivity contribution in [3.63, 3.8) is 0 Å². The Balaban J connectivity index is 1.03. The lowest BCUT2D eigenvalue weighted by Gasteiger charge is -2.26. The molecule has 260 valence electrons. The van der Waals surface area contributed by atoms with Crippen LogP contribution in [0.25, 0.3) is 79.3 Å². The monoisotopic (exact) mass is 710 g/mol. The second-order valence-electron chi connectivity index (χ2n) is 13.0. The van der Waals surface area contributed by atoms with Crippen LogP contribution in [0.5, 0.6) is 0 Å². The zero-order chi connectivity index (χ0) is 36.6. The Labute approximate surface area is 316 Å². The smallest absolute Gasteiger partial charge is 0.227 e. The summed E-state index contributed by atoms with van der Waals surface area (Å²) in [6.45, 7) is 0. The molecule has 0 unspecified atom stereocenters. The van der Waals surface area contributed by atoms with Crippen LogP contribution in [-0.2, 0) is 0 Å². The van der Waals surface area contributed by atoms with Gasteiger partial charge >= 0.3 is 0 Å². The van der Waals surface area contributed by atoms with E-state index in [1.54, 1.807) is 0 Å². The van der Waals surface area contributed by atoms with Crippen LogP contribution in [0.4, 0.5) is 17.1 Å². The van der Waals surface area contributed by atoms with E-state index >= 15 is 0 Å². The van der Waals surface area contributed by atoms with Crippen molar-refractivity contribution < 1.29 is 8.83 Å². The predicted octanol–water partition coefficient (Wildman–Crippen LogP) is 12.0. The molecule has 0 aliphatic rings. The molecule has 0 radical (unpaired) electrons. The molecule has 10 rings (SSSR count). The molecule has 0 aliphatic carbocycles. The Morgan fingerprint density at radius 2 is 0.618 bits per heavy atom. The molecule has 0 atom stereocenters. The first kappa shape index (κ1) is 32.0. The highest BCUT2D eigenvalue weighted by Crippen LogP contribution is 2.38. The molecule has 0 aliphatic heterocycles. The molecule has 0 fully saturated rings. The van der Waals surface area contributed by atoms with Crippen molar-refractivity contribution in [2.45, 2.75) is 0 Å². The van der Waals surface area contributed by atoms with E-state index in [2.05, 4.69) is 53.4 Å². The Morgan fingerprint density at radius 3 is 1.00 bits per heavy atom. The molecule has 10 aromatic rings. The van der Waals surface area contributed by atoms with Crippen LogP contribution in [0.3, 0.4) is 0 Å². The van der Waals surface area contributed by atoms with E-state index in [1.165, 1.54) is 0 Å². The number of aromatic nitrogens is 5. The highest BCUT2D eigenvalue weighted by Gasteiger charge is 2.18. The summed E-state index contributed by atoms with van der Waals surface area (Å²) in [5.41, 5.74) is 10.5. The minimum atomic E-state index is 0.577. The maximum atomic E-state index is 6.07. The Kier molecular flexibility index (Phi) is 7.96. The first-order valence-corrected chi connectivity index (χ1v) is 17.9. The van der Waals surface area contributed by atoms with Gasteiger partial charge in [0.2, 0.25) is 11.8 Å². The third kappa shape index (κ3) is 6.28. The Morgan fingerprint density at radius 1 is 0.291 bits per heavy atom. The fourth-order valence-electron chi connectivity index (χ4n) is 6.64. The van der Waals surface area contributed by atoms with E-state index in [4.69, 9.17) is 33.8 Å². The fraction of sp³-hybridized carbons (Fsp3) is 0. The molecule has 7 aromatic carbocycles. The summed E-state index contributed by atoms with van der Waals surface area (Å²) in [5, 5.41) is 0. The number of nitrogens with zero attached hydrogens (tertiary/aromatic N) is 6. The molecular weight excluding hydrogens is 681 g/mol. The van der Waals surface area contributed by atoms with Crippen molar-refractivity contribution >= 4 is 39.3 Å². The van der Waals surface area contributed by atoms with Crippen LogP contribution < -0.4 is 4.90 Å². The van der Waals surface area contributed by atoms with Crippen molar-refractivity contribution in [3.05, 3.63) is 182 Å². The summed E-state index contributed by atoms with van der Waals surface area (Å²) in [4.78, 5) is 26.3. The van der Waals surface area contributed by atoms with Crippen molar-refractivity contribution in [1.29, 1.82) is 0 Å². The van der Waals surface area contributed by atoms with Gasteiger partial charge < -0.3 is 13.7 Å². The minimum Gasteiger partial charge on any atom is -0.436 e. The number of hydrogen-bond acceptors (Lipinski definition) is 8. The topological polar surface area (TPSA) is 94.0 Å². The van der Waals surface area contributed by atoms with Gasteiger partial charge in [0.25, 0.3) is 0 Å². The molecule has 0 spiro atoms. The van der Waals surface area contributed by atoms with E-state index in [0.29, 0.717) is 29.3 Å². The first-order valence-electron chi connectivity index (χ1n) is 17.9. The van der Waals surface area contributed by atoms with Gasteiger partial charge in [0, 0.05) is 44.9 Å². The van der Waals surface area contributed by atoms with Gasteiger partial charge in [0.15, 0.2) is 28.6 Å². The maximum Gasteiger partial charge on any atom is 0.227 e. The molecule has 0 saturated heterocycles. The van der Waals surface area contributed by atoms with Gasteiger partial charge in [0.05, 0.1) is 0 Å². The summed E-state index contributed by atoms with van der Waals surface area (Å²) in [6, 6.07) is 60.3. The zero-order valence-corrected chi connectivity index (χ0v) is 29.3. The maximum absolute atomic E-state index is 6.07. The molecule has 8 heteroatoms. The molecule has 0 bridgehead atoms. The fourth-order valence-corrected chi connectivity index (χ4v) is 6.64. The van der Waals surface area contributed by atoms with Crippen LogP contribution >= 0.6 is 0 Å². The van der Waals surface area contributed by atoms with Gasteiger partial charge in [-0.1, -0.05) is 84.9 Å². The van der Waals surface area contributed by atoms with Crippen LogP contribution in [0.2, 0.25) is 0 Å². The van der Waals surface area contributed by atoms with Gasteiger partial charge in [-0.05, 0) is 97.1 Å². The summed E-state index contributed by atoms with van der Waals surface area (Å²) in [5.74, 6) is 2.99. The normalized spacial score (nSPS) is 11.3. The highest BCUT2D eigenvalue weighted by molar-refractivity contribution is 5.82. The van der Waals surface area contributed by atoms with E-state index in [-0.39, 0.29) is 0 Å². The van der Waals surface area contributed by atoms with Gasteiger partial charge in [-0.15, -0.1) is 0 Å². The lowest BCUT2D eigenvalue weighted by atomic mass is 10.1. The number of para-hydroxylation sites is 4. The van der Waals surface area contributed by atoms with Crippen molar-refractivity contribution in [3.8, 4) is 57.1 Å². The van der Waals surface area contributed by atoms with Crippen LogP contribution in [0.15, 0.2) is 191 Å². The Hall–Kier alpha value is -7.71. The second kappa shape index (κ2) is 13.7. The molecule has 0 saturated carbocycles. The third-order valence-electron chi connectivity index (χ3n) is 9.42. The largest absolute Gasteiger partial charge is 0.436 e. The number of oxazole rings is 2. The number of rotatable bonds is 8. The van der Waals surface area contributed by atoms with Gasteiger partial charge in [-0.25, -0.2) is 24.9 Å². The molecule has 55 heavy (non-hydrogen) atoms. The molecule has 3 aromatic heterocycles. The Bertz CT molecular complexity index is 2660. The van der Waals surface area contributed by atoms with Gasteiger partial charge in [-0.2, -0.15) is 0 Å².